The van der Waals surface area contributed by atoms with Crippen LogP contribution in [0.3, 0.4) is 0 Å². The van der Waals surface area contributed by atoms with Crippen molar-refractivity contribution < 1.29 is 51.4 Å². The number of hydrogen-bond acceptors (Lipinski definition) is 3. The van der Waals surface area contributed by atoms with Crippen LogP contribution < -0.4 is 56.9 Å². The monoisotopic (exact) mass is 315 g/mol. The van der Waals surface area contributed by atoms with E-state index >= 15 is 0 Å². The van der Waals surface area contributed by atoms with Crippen molar-refractivity contribution in [3.05, 3.63) is 39.7 Å². The fourth-order valence-corrected chi connectivity index (χ4v) is 1.87. The minimum atomic E-state index is 0. The summed E-state index contributed by atoms with van der Waals surface area (Å²) in [6.07, 6.45) is 5.74. The standard InChI is InChI=1S/C12H14N3O.2C2H6.K/c1-4-9-10(5-2)14-11-8(3)13-6-7-15(11)12(9)16;2*1-2;/h7H,4-5H2,1-3H3;2*1-2H3;/q-1;;;+1. The summed E-state index contributed by atoms with van der Waals surface area (Å²) in [6, 6.07) is 0. The number of nitrogens with zero attached hydrogens (tertiary/aromatic N) is 3. The van der Waals surface area contributed by atoms with Crippen molar-refractivity contribution in [1.82, 2.24) is 14.4 Å². The van der Waals surface area contributed by atoms with Gasteiger partial charge in [-0.1, -0.05) is 60.4 Å². The SMILES string of the molecule is CC.CC.CCc1nc2c(C)n[c-]cn2c(=O)c1CC.[K+]. The molecule has 21 heavy (non-hydrogen) atoms. The van der Waals surface area contributed by atoms with Gasteiger partial charge in [-0.2, -0.15) is 0 Å². The predicted molar refractivity (Wildman–Crippen MR) is 84.3 cm³/mol. The van der Waals surface area contributed by atoms with Crippen LogP contribution in [0.5, 0.6) is 0 Å². The molecular weight excluding hydrogens is 289 g/mol. The van der Waals surface area contributed by atoms with Crippen LogP contribution in [0.15, 0.2) is 11.0 Å². The minimum Gasteiger partial charge on any atom is -0.451 e. The Hall–Kier alpha value is -0.0736. The van der Waals surface area contributed by atoms with E-state index in [1.165, 1.54) is 4.40 Å². The molecule has 0 N–H and O–H groups in total. The summed E-state index contributed by atoms with van der Waals surface area (Å²) in [6.45, 7) is 13.8. The molecular formula is C16H26KN3O. The largest absolute Gasteiger partial charge is 1.00 e. The molecule has 0 saturated heterocycles. The number of aromatic nitrogens is 3. The normalized spacial score (nSPS) is 8.90. The number of hydrogen-bond donors (Lipinski definition) is 0. The topological polar surface area (TPSA) is 47.3 Å². The van der Waals surface area contributed by atoms with Crippen LogP contribution in [-0.2, 0) is 12.8 Å². The van der Waals surface area contributed by atoms with Crippen LogP contribution in [0.1, 0.15) is 58.5 Å². The van der Waals surface area contributed by atoms with E-state index in [0.29, 0.717) is 12.1 Å². The molecule has 2 heterocycles. The number of aryl methyl sites for hydroxylation is 2. The molecule has 5 heteroatoms. The van der Waals surface area contributed by atoms with Crippen molar-refractivity contribution in [2.24, 2.45) is 0 Å². The summed E-state index contributed by atoms with van der Waals surface area (Å²) in [5, 5.41) is 0. The zero-order valence-electron chi connectivity index (χ0n) is 14.7. The van der Waals surface area contributed by atoms with E-state index in [9.17, 15) is 4.79 Å². The van der Waals surface area contributed by atoms with E-state index in [4.69, 9.17) is 0 Å². The van der Waals surface area contributed by atoms with Crippen LogP contribution in [0.2, 0.25) is 0 Å². The Kier molecular flexibility index (Phi) is 13.8. The molecule has 0 spiro atoms. The maximum Gasteiger partial charge on any atom is 1.00 e. The summed E-state index contributed by atoms with van der Waals surface area (Å²) in [5.41, 5.74) is 3.04. The van der Waals surface area contributed by atoms with Crippen molar-refractivity contribution in [2.45, 2.75) is 61.3 Å². The van der Waals surface area contributed by atoms with E-state index in [-0.39, 0.29) is 56.9 Å². The van der Waals surface area contributed by atoms with Crippen LogP contribution in [-0.4, -0.2) is 14.4 Å². The van der Waals surface area contributed by atoms with Crippen molar-refractivity contribution in [1.29, 1.82) is 0 Å². The Labute approximate surface area is 170 Å². The molecule has 0 amide bonds. The summed E-state index contributed by atoms with van der Waals surface area (Å²) in [7, 11) is 0. The van der Waals surface area contributed by atoms with Gasteiger partial charge in [0.15, 0.2) is 0 Å². The van der Waals surface area contributed by atoms with Crippen molar-refractivity contribution in [2.75, 3.05) is 0 Å². The average Bonchev–Trinajstić information content (AvgIpc) is 2.52. The van der Waals surface area contributed by atoms with Crippen molar-refractivity contribution >= 4 is 5.65 Å². The molecule has 0 aromatic carbocycles. The van der Waals surface area contributed by atoms with Gasteiger partial charge in [-0.05, 0) is 12.8 Å². The molecule has 0 saturated carbocycles. The summed E-state index contributed by atoms with van der Waals surface area (Å²) in [4.78, 5) is 20.7. The third kappa shape index (κ3) is 5.56. The summed E-state index contributed by atoms with van der Waals surface area (Å²) in [5.74, 6) is 0. The van der Waals surface area contributed by atoms with Gasteiger partial charge >= 0.3 is 51.4 Å². The average molecular weight is 316 g/mol. The van der Waals surface area contributed by atoms with Gasteiger partial charge in [0.1, 0.15) is 0 Å². The fraction of sp³-hybridized carbons (Fsp3) is 0.562. The first-order valence-corrected chi connectivity index (χ1v) is 7.46. The molecule has 2 rings (SSSR count). The van der Waals surface area contributed by atoms with E-state index in [1.807, 2.05) is 48.5 Å². The Morgan fingerprint density at radius 1 is 1.14 bits per heavy atom. The molecule has 0 aliphatic heterocycles. The first kappa shape index (κ1) is 23.2. The zero-order chi connectivity index (χ0) is 15.7. The second-order valence-corrected chi connectivity index (χ2v) is 3.70. The van der Waals surface area contributed by atoms with Gasteiger partial charge in [0.25, 0.3) is 5.56 Å². The molecule has 0 unspecified atom stereocenters. The second kappa shape index (κ2) is 12.5. The van der Waals surface area contributed by atoms with Crippen LogP contribution in [0.25, 0.3) is 5.65 Å². The van der Waals surface area contributed by atoms with Crippen LogP contribution >= 0.6 is 0 Å². The van der Waals surface area contributed by atoms with Crippen molar-refractivity contribution in [3.63, 3.8) is 0 Å². The Balaban J connectivity index is 0. The summed E-state index contributed by atoms with van der Waals surface area (Å²) >= 11 is 0. The Morgan fingerprint density at radius 2 is 1.71 bits per heavy atom. The quantitative estimate of drug-likeness (QED) is 0.595. The van der Waals surface area contributed by atoms with Gasteiger partial charge in [-0.25, -0.2) is 0 Å². The zero-order valence-corrected chi connectivity index (χ0v) is 17.9. The van der Waals surface area contributed by atoms with E-state index in [1.54, 1.807) is 6.20 Å². The number of rotatable bonds is 2. The third-order valence-electron chi connectivity index (χ3n) is 2.73. The van der Waals surface area contributed by atoms with Gasteiger partial charge in [0.2, 0.25) is 0 Å². The van der Waals surface area contributed by atoms with Crippen LogP contribution in [0, 0.1) is 13.1 Å². The van der Waals surface area contributed by atoms with Gasteiger partial charge < -0.3 is 4.98 Å². The molecule has 0 radical (unpaired) electrons. The Bertz CT molecular complexity index is 594. The second-order valence-electron chi connectivity index (χ2n) is 3.70. The maximum atomic E-state index is 12.2. The molecule has 0 aliphatic rings. The molecule has 2 aromatic rings. The molecule has 0 atom stereocenters. The van der Waals surface area contributed by atoms with Gasteiger partial charge in [0.05, 0.1) is 5.65 Å². The third-order valence-corrected chi connectivity index (χ3v) is 2.73. The summed E-state index contributed by atoms with van der Waals surface area (Å²) < 4.78 is 1.53. The minimum absolute atomic E-state index is 0. The van der Waals surface area contributed by atoms with E-state index < -0.39 is 0 Å². The predicted octanol–water partition coefficient (Wildman–Crippen LogP) is 0.379. The molecule has 0 bridgehead atoms. The van der Waals surface area contributed by atoms with Crippen molar-refractivity contribution in [3.8, 4) is 0 Å². The van der Waals surface area contributed by atoms with Crippen LogP contribution in [0.4, 0.5) is 0 Å². The Morgan fingerprint density at radius 3 is 2.19 bits per heavy atom. The number of fused-ring (bicyclic) bond motifs is 1. The molecule has 0 aliphatic carbocycles. The van der Waals surface area contributed by atoms with Gasteiger partial charge in [-0.15, -0.1) is 6.20 Å². The van der Waals surface area contributed by atoms with Gasteiger partial charge in [-0.3, -0.25) is 14.2 Å². The smallest absolute Gasteiger partial charge is 0.451 e. The first-order valence-electron chi connectivity index (χ1n) is 7.46. The molecule has 2 aromatic heterocycles. The molecule has 4 nitrogen and oxygen atoms in total. The van der Waals surface area contributed by atoms with E-state index in [0.717, 1.165) is 23.4 Å². The van der Waals surface area contributed by atoms with Gasteiger partial charge in [0, 0.05) is 11.3 Å². The fourth-order valence-electron chi connectivity index (χ4n) is 1.87. The molecule has 0 fully saturated rings. The molecule has 112 valence electrons. The maximum absolute atomic E-state index is 12.2. The van der Waals surface area contributed by atoms with E-state index in [2.05, 4.69) is 16.2 Å². The first-order chi connectivity index (χ1) is 9.69.